The zero-order valence-corrected chi connectivity index (χ0v) is 12.4. The predicted octanol–water partition coefficient (Wildman–Crippen LogP) is 0.837. The van der Waals surface area contributed by atoms with Gasteiger partial charge in [-0.2, -0.15) is 16.8 Å². The van der Waals surface area contributed by atoms with Crippen LogP contribution < -0.4 is 8.37 Å². The first kappa shape index (κ1) is 14.7. The molecule has 0 spiro atoms. The number of aromatic hydroxyl groups is 2. The number of hydrogen-bond acceptors (Lipinski definition) is 9. The zero-order chi connectivity index (χ0) is 16.3. The van der Waals surface area contributed by atoms with Crippen molar-refractivity contribution >= 4 is 31.6 Å². The van der Waals surface area contributed by atoms with Crippen molar-refractivity contribution < 1.29 is 39.0 Å². The van der Waals surface area contributed by atoms with Crippen molar-refractivity contribution in [2.75, 3.05) is 0 Å². The Morgan fingerprint density at radius 2 is 1.59 bits per heavy atom. The highest BCUT2D eigenvalue weighted by Crippen LogP contribution is 2.48. The molecule has 2 aromatic carbocycles. The second-order valence-corrected chi connectivity index (χ2v) is 6.89. The Hall–Kier alpha value is -2.24. The van der Waals surface area contributed by atoms with Gasteiger partial charge in [-0.05, 0) is 13.0 Å². The average Bonchev–Trinajstić information content (AvgIpc) is 2.38. The minimum Gasteiger partial charge on any atom is -0.504 e. The fraction of sp³-hybridized carbons (Fsp3) is 0.0909. The molecule has 0 atom stereocenters. The summed E-state index contributed by atoms with van der Waals surface area (Å²) in [6.07, 6.45) is 0. The summed E-state index contributed by atoms with van der Waals surface area (Å²) in [5.41, 5.74) is -0.132. The molecule has 22 heavy (non-hydrogen) atoms. The molecule has 0 saturated carbocycles. The van der Waals surface area contributed by atoms with Gasteiger partial charge in [0.25, 0.3) is 0 Å². The molecule has 9 nitrogen and oxygen atoms in total. The Morgan fingerprint density at radius 3 is 2.27 bits per heavy atom. The maximum Gasteiger partial charge on any atom is 0.466 e. The van der Waals surface area contributed by atoms with Crippen LogP contribution in [0.3, 0.4) is 0 Å². The van der Waals surface area contributed by atoms with Crippen LogP contribution in [0.5, 0.6) is 23.0 Å². The number of phenols is 2. The molecule has 1 aliphatic rings. The molecule has 3 rings (SSSR count). The second-order valence-electron chi connectivity index (χ2n) is 4.38. The standard InChI is InChI=1S/C11H8O9S2/c1-5-9(12)10(13)6-3-2-4-7-8(6)11(5)19-22(16,17)20-21(14,15)18-7/h2-4,12-13H,1H3. The summed E-state index contributed by atoms with van der Waals surface area (Å²) in [5.74, 6) is -1.91. The summed E-state index contributed by atoms with van der Waals surface area (Å²) in [6.45, 7) is 1.27. The van der Waals surface area contributed by atoms with Crippen LogP contribution in [0.15, 0.2) is 18.2 Å². The molecule has 0 aliphatic carbocycles. The summed E-state index contributed by atoms with van der Waals surface area (Å²) >= 11 is 0. The second kappa shape index (κ2) is 4.38. The van der Waals surface area contributed by atoms with Crippen LogP contribution in [-0.4, -0.2) is 27.0 Å². The highest BCUT2D eigenvalue weighted by Gasteiger charge is 2.34. The molecule has 1 heterocycles. The third kappa shape index (κ3) is 2.19. The van der Waals surface area contributed by atoms with E-state index < -0.39 is 38.0 Å². The molecule has 0 saturated heterocycles. The van der Waals surface area contributed by atoms with Crippen molar-refractivity contribution in [2.24, 2.45) is 0 Å². The lowest BCUT2D eigenvalue weighted by atomic mass is 10.0. The molecule has 1 aliphatic heterocycles. The molecule has 0 radical (unpaired) electrons. The van der Waals surface area contributed by atoms with Gasteiger partial charge in [0.05, 0.1) is 5.39 Å². The van der Waals surface area contributed by atoms with Gasteiger partial charge in [0.2, 0.25) is 0 Å². The van der Waals surface area contributed by atoms with Crippen LogP contribution in [0.1, 0.15) is 5.56 Å². The lowest BCUT2D eigenvalue weighted by Crippen LogP contribution is -2.24. The Bertz CT molecular complexity index is 1010. The third-order valence-electron chi connectivity index (χ3n) is 2.97. The highest BCUT2D eigenvalue weighted by molar-refractivity contribution is 7.95. The molecule has 0 fully saturated rings. The van der Waals surface area contributed by atoms with Gasteiger partial charge in [-0.3, -0.25) is 0 Å². The van der Waals surface area contributed by atoms with Crippen molar-refractivity contribution in [3.05, 3.63) is 23.8 Å². The third-order valence-corrected chi connectivity index (χ3v) is 5.06. The molecule has 2 aromatic rings. The van der Waals surface area contributed by atoms with Gasteiger partial charge in [0, 0.05) is 10.9 Å². The van der Waals surface area contributed by atoms with E-state index in [4.69, 9.17) is 0 Å². The van der Waals surface area contributed by atoms with Gasteiger partial charge in [0.1, 0.15) is 0 Å². The van der Waals surface area contributed by atoms with E-state index in [0.717, 1.165) is 0 Å². The molecule has 0 aromatic heterocycles. The minimum atomic E-state index is -5.00. The summed E-state index contributed by atoms with van der Waals surface area (Å²) in [4.78, 5) is 0. The number of phenolic OH excluding ortho intramolecular Hbond substituents is 2. The monoisotopic (exact) mass is 348 g/mol. The predicted molar refractivity (Wildman–Crippen MR) is 72.2 cm³/mol. The first-order valence-corrected chi connectivity index (χ1v) is 8.35. The number of benzene rings is 2. The fourth-order valence-corrected chi connectivity index (χ4v) is 3.89. The minimum absolute atomic E-state index is 0.0529. The van der Waals surface area contributed by atoms with Crippen molar-refractivity contribution in [3.63, 3.8) is 0 Å². The van der Waals surface area contributed by atoms with Crippen LogP contribution >= 0.6 is 0 Å². The summed E-state index contributed by atoms with van der Waals surface area (Å²) in [6, 6.07) is 3.87. The molecule has 0 amide bonds. The smallest absolute Gasteiger partial charge is 0.466 e. The SMILES string of the molecule is Cc1c(O)c(O)c2cccc3c2c1OS(=O)(=O)OS(=O)(=O)O3. The van der Waals surface area contributed by atoms with Crippen molar-refractivity contribution in [1.29, 1.82) is 0 Å². The zero-order valence-electron chi connectivity index (χ0n) is 10.8. The van der Waals surface area contributed by atoms with Gasteiger partial charge in [-0.15, -0.1) is 0 Å². The molecule has 0 unspecified atom stereocenters. The van der Waals surface area contributed by atoms with Crippen LogP contribution in [-0.2, 0) is 24.4 Å². The summed E-state index contributed by atoms with van der Waals surface area (Å²) < 4.78 is 59.2. The van der Waals surface area contributed by atoms with Gasteiger partial charge < -0.3 is 18.6 Å². The van der Waals surface area contributed by atoms with E-state index in [2.05, 4.69) is 12.0 Å². The van der Waals surface area contributed by atoms with Gasteiger partial charge in [-0.25, -0.2) is 0 Å². The van der Waals surface area contributed by atoms with Crippen molar-refractivity contribution in [1.82, 2.24) is 0 Å². The first-order valence-electron chi connectivity index (χ1n) is 5.68. The van der Waals surface area contributed by atoms with Gasteiger partial charge in [-0.1, -0.05) is 15.8 Å². The van der Waals surface area contributed by atoms with E-state index >= 15 is 0 Å². The maximum absolute atomic E-state index is 11.6. The molecule has 2 N–H and O–H groups in total. The number of rotatable bonds is 0. The van der Waals surface area contributed by atoms with Crippen LogP contribution in [0.25, 0.3) is 10.8 Å². The lowest BCUT2D eigenvalue weighted by Gasteiger charge is -2.19. The Kier molecular flexibility index (Phi) is 2.92. The lowest BCUT2D eigenvalue weighted by molar-refractivity contribution is 0.345. The van der Waals surface area contributed by atoms with Crippen LogP contribution in [0.4, 0.5) is 0 Å². The van der Waals surface area contributed by atoms with Crippen LogP contribution in [0.2, 0.25) is 0 Å². The Balaban J connectivity index is 2.54. The Labute approximate surface area is 124 Å². The van der Waals surface area contributed by atoms with E-state index in [1.807, 2.05) is 0 Å². The average molecular weight is 348 g/mol. The molecular weight excluding hydrogens is 340 g/mol. The molecular formula is C11H8O9S2. The topological polar surface area (TPSA) is 136 Å². The van der Waals surface area contributed by atoms with E-state index in [0.29, 0.717) is 0 Å². The van der Waals surface area contributed by atoms with E-state index in [-0.39, 0.29) is 22.1 Å². The van der Waals surface area contributed by atoms with E-state index in [9.17, 15) is 27.0 Å². The largest absolute Gasteiger partial charge is 0.504 e. The highest BCUT2D eigenvalue weighted by atomic mass is 32.3. The molecule has 0 bridgehead atoms. The number of hydrogen-bond donors (Lipinski definition) is 2. The molecule has 11 heteroatoms. The fourth-order valence-electron chi connectivity index (χ4n) is 2.08. The van der Waals surface area contributed by atoms with E-state index in [1.54, 1.807) is 0 Å². The van der Waals surface area contributed by atoms with E-state index in [1.165, 1.54) is 25.1 Å². The maximum atomic E-state index is 11.6. The van der Waals surface area contributed by atoms with Gasteiger partial charge >= 0.3 is 20.8 Å². The van der Waals surface area contributed by atoms with Crippen LogP contribution in [0, 0.1) is 6.92 Å². The Morgan fingerprint density at radius 1 is 0.955 bits per heavy atom. The first-order chi connectivity index (χ1) is 10.1. The normalized spacial score (nSPS) is 18.8. The quantitative estimate of drug-likeness (QED) is 0.663. The summed E-state index contributed by atoms with van der Waals surface area (Å²) in [7, 11) is -9.93. The van der Waals surface area contributed by atoms with Crippen molar-refractivity contribution in [2.45, 2.75) is 6.92 Å². The summed E-state index contributed by atoms with van der Waals surface area (Å²) in [5, 5.41) is 19.6. The van der Waals surface area contributed by atoms with Gasteiger partial charge in [0.15, 0.2) is 23.0 Å². The van der Waals surface area contributed by atoms with Crippen molar-refractivity contribution in [3.8, 4) is 23.0 Å². The molecule has 118 valence electrons.